The van der Waals surface area contributed by atoms with E-state index in [1.165, 1.54) is 4.88 Å². The Hall–Kier alpha value is 0.0600. The lowest BCUT2D eigenvalue weighted by molar-refractivity contribution is -0.126. The van der Waals surface area contributed by atoms with E-state index in [2.05, 4.69) is 27.9 Å². The van der Waals surface area contributed by atoms with Crippen molar-refractivity contribution >= 4 is 27.3 Å². The molecule has 1 spiro atoms. The molecule has 1 aromatic heterocycles. The fourth-order valence-corrected chi connectivity index (χ4v) is 4.60. The molecule has 1 atom stereocenters. The molecule has 17 heavy (non-hydrogen) atoms. The fourth-order valence-electron chi connectivity index (χ4n) is 2.72. The maximum absolute atomic E-state index is 9.99. The number of thiophene rings is 1. The molecular weight excluding hydrogens is 302 g/mol. The molecule has 0 aliphatic carbocycles. The highest BCUT2D eigenvalue weighted by Crippen LogP contribution is 2.48. The summed E-state index contributed by atoms with van der Waals surface area (Å²) in [7, 11) is 2.15. The molecule has 1 fully saturated rings. The molecule has 2 aliphatic heterocycles. The lowest BCUT2D eigenvalue weighted by atomic mass is 9.85. The van der Waals surface area contributed by atoms with Crippen LogP contribution in [0.1, 0.15) is 29.4 Å². The number of aliphatic hydroxyl groups excluding tert-OH is 1. The number of ether oxygens (including phenoxy) is 1. The minimum atomic E-state index is -0.460. The van der Waals surface area contributed by atoms with Crippen molar-refractivity contribution < 1.29 is 9.84 Å². The zero-order valence-corrected chi connectivity index (χ0v) is 12.2. The number of nitrogens with zero attached hydrogens (tertiary/aromatic N) is 1. The van der Waals surface area contributed by atoms with E-state index in [4.69, 9.17) is 4.74 Å². The molecule has 1 unspecified atom stereocenters. The molecule has 3 heterocycles. The third-order valence-electron chi connectivity index (χ3n) is 3.82. The normalized spacial score (nSPS) is 28.3. The van der Waals surface area contributed by atoms with Gasteiger partial charge in [0.2, 0.25) is 0 Å². The zero-order chi connectivity index (χ0) is 12.0. The van der Waals surface area contributed by atoms with Gasteiger partial charge in [0.15, 0.2) is 0 Å². The van der Waals surface area contributed by atoms with Crippen molar-refractivity contribution in [3.63, 3.8) is 0 Å². The van der Waals surface area contributed by atoms with Crippen molar-refractivity contribution in [2.75, 3.05) is 26.7 Å². The molecule has 0 saturated carbocycles. The standard InChI is InChI=1S/C12H16BrNO2S/c1-14-4-2-12(3-5-14)11-8(6-10(13)17-11)9(15)7-16-12/h6,9,15H,2-5,7H2,1H3. The summed E-state index contributed by atoms with van der Waals surface area (Å²) in [5.74, 6) is 0. The average Bonchev–Trinajstić information content (AvgIpc) is 2.71. The Morgan fingerprint density at radius 3 is 2.94 bits per heavy atom. The van der Waals surface area contributed by atoms with Crippen molar-refractivity contribution in [3.8, 4) is 0 Å². The highest BCUT2D eigenvalue weighted by molar-refractivity contribution is 9.11. The minimum Gasteiger partial charge on any atom is -0.386 e. The van der Waals surface area contributed by atoms with Crippen molar-refractivity contribution in [1.82, 2.24) is 4.90 Å². The Labute approximate surface area is 114 Å². The van der Waals surface area contributed by atoms with Gasteiger partial charge in [-0.15, -0.1) is 11.3 Å². The van der Waals surface area contributed by atoms with Crippen LogP contribution in [0.25, 0.3) is 0 Å². The third kappa shape index (κ3) is 1.98. The van der Waals surface area contributed by atoms with Crippen LogP contribution in [0.4, 0.5) is 0 Å². The summed E-state index contributed by atoms with van der Waals surface area (Å²) in [6.07, 6.45) is 1.59. The molecule has 0 radical (unpaired) electrons. The predicted molar refractivity (Wildman–Crippen MR) is 71.3 cm³/mol. The van der Waals surface area contributed by atoms with Crippen LogP contribution in [0.15, 0.2) is 9.85 Å². The quantitative estimate of drug-likeness (QED) is 0.798. The minimum absolute atomic E-state index is 0.141. The summed E-state index contributed by atoms with van der Waals surface area (Å²) in [4.78, 5) is 3.57. The topological polar surface area (TPSA) is 32.7 Å². The van der Waals surface area contributed by atoms with Gasteiger partial charge < -0.3 is 14.7 Å². The molecule has 0 amide bonds. The summed E-state index contributed by atoms with van der Waals surface area (Å²) in [5.41, 5.74) is 0.926. The third-order valence-corrected chi connectivity index (χ3v) is 5.65. The summed E-state index contributed by atoms with van der Waals surface area (Å²) < 4.78 is 7.11. The SMILES string of the molecule is CN1CCC2(CC1)OCC(O)c1cc(Br)sc12. The van der Waals surface area contributed by atoms with Gasteiger partial charge >= 0.3 is 0 Å². The van der Waals surface area contributed by atoms with Gasteiger partial charge in [-0.25, -0.2) is 0 Å². The summed E-state index contributed by atoms with van der Waals surface area (Å²) >= 11 is 5.24. The number of fused-ring (bicyclic) bond motifs is 2. The van der Waals surface area contributed by atoms with E-state index in [1.807, 2.05) is 6.07 Å². The summed E-state index contributed by atoms with van der Waals surface area (Å²) in [6.45, 7) is 2.55. The monoisotopic (exact) mass is 317 g/mol. The van der Waals surface area contributed by atoms with Crippen molar-refractivity contribution in [1.29, 1.82) is 0 Å². The van der Waals surface area contributed by atoms with Crippen LogP contribution in [-0.2, 0) is 10.3 Å². The van der Waals surface area contributed by atoms with Crippen LogP contribution in [0.5, 0.6) is 0 Å². The molecule has 3 nitrogen and oxygen atoms in total. The summed E-state index contributed by atoms with van der Waals surface area (Å²) in [6, 6.07) is 2.05. The van der Waals surface area contributed by atoms with Gasteiger partial charge in [0.1, 0.15) is 11.7 Å². The molecule has 3 rings (SSSR count). The van der Waals surface area contributed by atoms with E-state index in [1.54, 1.807) is 11.3 Å². The Kier molecular flexibility index (Phi) is 3.07. The molecule has 94 valence electrons. The van der Waals surface area contributed by atoms with Crippen LogP contribution < -0.4 is 0 Å². The Bertz CT molecular complexity index is 426. The van der Waals surface area contributed by atoms with Crippen LogP contribution in [0, 0.1) is 0 Å². The molecule has 0 bridgehead atoms. The van der Waals surface area contributed by atoms with Gasteiger partial charge in [-0.2, -0.15) is 0 Å². The second kappa shape index (κ2) is 4.31. The lowest BCUT2D eigenvalue weighted by Gasteiger charge is -2.43. The number of rotatable bonds is 0. The van der Waals surface area contributed by atoms with Gasteiger partial charge in [-0.1, -0.05) is 0 Å². The predicted octanol–water partition coefficient (Wildman–Crippen LogP) is 2.50. The van der Waals surface area contributed by atoms with E-state index in [9.17, 15) is 5.11 Å². The number of aliphatic hydroxyl groups is 1. The molecule has 1 N–H and O–H groups in total. The molecule has 2 aliphatic rings. The number of halogens is 1. The second-order valence-electron chi connectivity index (χ2n) is 4.96. The van der Waals surface area contributed by atoms with Gasteiger partial charge in [-0.05, 0) is 41.9 Å². The maximum atomic E-state index is 9.99. The van der Waals surface area contributed by atoms with Crippen molar-refractivity contribution in [2.24, 2.45) is 0 Å². The van der Waals surface area contributed by atoms with E-state index < -0.39 is 6.10 Å². The van der Waals surface area contributed by atoms with Crippen molar-refractivity contribution in [3.05, 3.63) is 20.3 Å². The highest BCUT2D eigenvalue weighted by Gasteiger charge is 2.44. The van der Waals surface area contributed by atoms with Crippen molar-refractivity contribution in [2.45, 2.75) is 24.5 Å². The number of piperidine rings is 1. The average molecular weight is 318 g/mol. The van der Waals surface area contributed by atoms with Gasteiger partial charge in [0.25, 0.3) is 0 Å². The maximum Gasteiger partial charge on any atom is 0.105 e. The van der Waals surface area contributed by atoms with Crippen LogP contribution >= 0.6 is 27.3 Å². The number of likely N-dealkylation sites (tertiary alicyclic amines) is 1. The second-order valence-corrected chi connectivity index (χ2v) is 7.39. The molecule has 5 heteroatoms. The first kappa shape index (κ1) is 12.1. The Morgan fingerprint density at radius 1 is 1.53 bits per heavy atom. The van der Waals surface area contributed by atoms with Gasteiger partial charge in [0.05, 0.1) is 10.4 Å². The van der Waals surface area contributed by atoms with E-state index in [0.29, 0.717) is 6.61 Å². The Balaban J connectivity index is 2.00. The van der Waals surface area contributed by atoms with Gasteiger partial charge in [0, 0.05) is 23.5 Å². The van der Waals surface area contributed by atoms with Crippen LogP contribution in [0.3, 0.4) is 0 Å². The van der Waals surface area contributed by atoms with E-state index >= 15 is 0 Å². The van der Waals surface area contributed by atoms with E-state index in [0.717, 1.165) is 35.3 Å². The highest BCUT2D eigenvalue weighted by atomic mass is 79.9. The molecule has 0 aromatic carbocycles. The lowest BCUT2D eigenvalue weighted by Crippen LogP contribution is -2.45. The van der Waals surface area contributed by atoms with E-state index in [-0.39, 0.29) is 5.60 Å². The largest absolute Gasteiger partial charge is 0.386 e. The molecule has 1 aromatic rings. The first-order valence-electron chi connectivity index (χ1n) is 5.91. The Morgan fingerprint density at radius 2 is 2.24 bits per heavy atom. The van der Waals surface area contributed by atoms with Crippen LogP contribution in [0.2, 0.25) is 0 Å². The molecule has 1 saturated heterocycles. The fraction of sp³-hybridized carbons (Fsp3) is 0.667. The van der Waals surface area contributed by atoms with Gasteiger partial charge in [-0.3, -0.25) is 0 Å². The number of hydrogen-bond donors (Lipinski definition) is 1. The first-order chi connectivity index (χ1) is 8.11. The zero-order valence-electron chi connectivity index (χ0n) is 9.78. The summed E-state index contributed by atoms with van der Waals surface area (Å²) in [5, 5.41) is 9.99. The molecular formula is C12H16BrNO2S. The van der Waals surface area contributed by atoms with Crippen LogP contribution in [-0.4, -0.2) is 36.8 Å². The number of hydrogen-bond acceptors (Lipinski definition) is 4. The first-order valence-corrected chi connectivity index (χ1v) is 7.52. The smallest absolute Gasteiger partial charge is 0.105 e.